The molecule has 0 fully saturated rings. The Kier molecular flexibility index (Phi) is 8.02. The van der Waals surface area contributed by atoms with Gasteiger partial charge in [0, 0.05) is 12.1 Å². The number of nitrogens with one attached hydrogen (secondary N) is 1. The molecule has 1 rings (SSSR count). The first-order valence-corrected chi connectivity index (χ1v) is 8.05. The summed E-state index contributed by atoms with van der Waals surface area (Å²) in [6.45, 7) is 6.27. The van der Waals surface area contributed by atoms with Gasteiger partial charge >= 0.3 is 5.97 Å². The predicted octanol–water partition coefficient (Wildman–Crippen LogP) is 3.59. The van der Waals surface area contributed by atoms with Crippen molar-refractivity contribution in [1.29, 1.82) is 0 Å². The SMILES string of the molecule is CCOC(=O)c1cccc(NC(=O)C(=O)CCCCC(C)C)c1. The summed E-state index contributed by atoms with van der Waals surface area (Å²) < 4.78 is 4.90. The molecule has 126 valence electrons. The fraction of sp³-hybridized carbons (Fsp3) is 0.500. The maximum absolute atomic E-state index is 11.9. The van der Waals surface area contributed by atoms with Gasteiger partial charge < -0.3 is 10.1 Å². The van der Waals surface area contributed by atoms with Gasteiger partial charge in [-0.25, -0.2) is 4.79 Å². The number of ether oxygens (including phenoxy) is 1. The Bertz CT molecular complexity index is 552. The van der Waals surface area contributed by atoms with Crippen molar-refractivity contribution in [3.8, 4) is 0 Å². The average molecular weight is 319 g/mol. The molecule has 0 radical (unpaired) electrons. The third-order valence-corrected chi connectivity index (χ3v) is 3.32. The largest absolute Gasteiger partial charge is 0.462 e. The van der Waals surface area contributed by atoms with Gasteiger partial charge in [0.2, 0.25) is 5.78 Å². The van der Waals surface area contributed by atoms with Crippen molar-refractivity contribution in [3.63, 3.8) is 0 Å². The highest BCUT2D eigenvalue weighted by Gasteiger charge is 2.14. The van der Waals surface area contributed by atoms with Gasteiger partial charge in [0.05, 0.1) is 12.2 Å². The number of amides is 1. The first kappa shape index (κ1) is 18.9. The van der Waals surface area contributed by atoms with Gasteiger partial charge in [-0.3, -0.25) is 9.59 Å². The van der Waals surface area contributed by atoms with E-state index in [9.17, 15) is 14.4 Å². The quantitative estimate of drug-likeness (QED) is 0.429. The second-order valence-corrected chi connectivity index (χ2v) is 5.82. The Morgan fingerprint density at radius 1 is 1.17 bits per heavy atom. The first-order chi connectivity index (χ1) is 10.9. The monoisotopic (exact) mass is 319 g/mol. The number of hydrogen-bond acceptors (Lipinski definition) is 4. The minimum absolute atomic E-state index is 0.246. The van der Waals surface area contributed by atoms with Crippen LogP contribution in [-0.2, 0) is 14.3 Å². The van der Waals surface area contributed by atoms with Gasteiger partial charge in [-0.1, -0.05) is 32.8 Å². The Balaban J connectivity index is 2.51. The summed E-state index contributed by atoms with van der Waals surface area (Å²) in [4.78, 5) is 35.3. The smallest absolute Gasteiger partial charge is 0.338 e. The predicted molar refractivity (Wildman–Crippen MR) is 89.3 cm³/mol. The van der Waals surface area contributed by atoms with Crippen LogP contribution in [0, 0.1) is 5.92 Å². The molecule has 0 saturated heterocycles. The second kappa shape index (κ2) is 9.77. The van der Waals surface area contributed by atoms with E-state index in [0.717, 1.165) is 12.8 Å². The summed E-state index contributed by atoms with van der Waals surface area (Å²) >= 11 is 0. The molecule has 5 nitrogen and oxygen atoms in total. The van der Waals surface area contributed by atoms with Crippen molar-refractivity contribution in [1.82, 2.24) is 0 Å². The molecule has 0 saturated carbocycles. The number of unbranched alkanes of at least 4 members (excludes halogenated alkanes) is 1. The number of hydrogen-bond donors (Lipinski definition) is 1. The maximum Gasteiger partial charge on any atom is 0.338 e. The summed E-state index contributed by atoms with van der Waals surface area (Å²) in [6.07, 6.45) is 2.95. The van der Waals surface area contributed by atoms with Gasteiger partial charge in [0.25, 0.3) is 5.91 Å². The van der Waals surface area contributed by atoms with Gasteiger partial charge in [0.15, 0.2) is 0 Å². The van der Waals surface area contributed by atoms with E-state index in [2.05, 4.69) is 19.2 Å². The number of benzene rings is 1. The lowest BCUT2D eigenvalue weighted by molar-refractivity contribution is -0.134. The fourth-order valence-corrected chi connectivity index (χ4v) is 2.09. The van der Waals surface area contributed by atoms with Gasteiger partial charge in [-0.15, -0.1) is 0 Å². The maximum atomic E-state index is 11.9. The number of rotatable bonds is 9. The number of Topliss-reactive ketones (excluding diaryl/α,β-unsaturated/α-hetero) is 1. The summed E-state index contributed by atoms with van der Waals surface area (Å²) in [5.41, 5.74) is 0.755. The number of esters is 1. The van der Waals surface area contributed by atoms with Crippen LogP contribution in [0.4, 0.5) is 5.69 Å². The van der Waals surface area contributed by atoms with Crippen molar-refractivity contribution < 1.29 is 19.1 Å². The van der Waals surface area contributed by atoms with Crippen LogP contribution in [0.1, 0.15) is 56.8 Å². The zero-order valence-electron chi connectivity index (χ0n) is 14.1. The molecular weight excluding hydrogens is 294 g/mol. The minimum atomic E-state index is -0.643. The Labute approximate surface area is 137 Å². The summed E-state index contributed by atoms with van der Waals surface area (Å²) in [5.74, 6) is -0.931. The van der Waals surface area contributed by atoms with Crippen LogP contribution >= 0.6 is 0 Å². The Morgan fingerprint density at radius 2 is 1.91 bits per heavy atom. The summed E-state index contributed by atoms with van der Waals surface area (Å²) in [7, 11) is 0. The number of ketones is 1. The zero-order valence-corrected chi connectivity index (χ0v) is 14.1. The van der Waals surface area contributed by atoms with E-state index in [1.165, 1.54) is 6.07 Å². The Hall–Kier alpha value is -2.17. The molecule has 0 spiro atoms. The minimum Gasteiger partial charge on any atom is -0.462 e. The van der Waals surface area contributed by atoms with Crippen molar-refractivity contribution in [2.24, 2.45) is 5.92 Å². The highest BCUT2D eigenvalue weighted by atomic mass is 16.5. The fourth-order valence-electron chi connectivity index (χ4n) is 2.09. The molecule has 0 aliphatic rings. The normalized spacial score (nSPS) is 10.4. The van der Waals surface area contributed by atoms with E-state index in [4.69, 9.17) is 4.74 Å². The van der Waals surface area contributed by atoms with E-state index >= 15 is 0 Å². The van der Waals surface area contributed by atoms with E-state index < -0.39 is 17.7 Å². The van der Waals surface area contributed by atoms with Gasteiger partial charge in [-0.05, 0) is 37.5 Å². The lowest BCUT2D eigenvalue weighted by Gasteiger charge is -2.07. The third-order valence-electron chi connectivity index (χ3n) is 3.32. The highest BCUT2D eigenvalue weighted by Crippen LogP contribution is 2.13. The molecule has 0 aliphatic carbocycles. The van der Waals surface area contributed by atoms with Crippen LogP contribution in [0.5, 0.6) is 0 Å². The molecule has 1 N–H and O–H groups in total. The molecule has 0 atom stereocenters. The van der Waals surface area contributed by atoms with Crippen molar-refractivity contribution in [2.45, 2.75) is 46.5 Å². The number of carbonyl (C=O) groups excluding carboxylic acids is 3. The number of carbonyl (C=O) groups is 3. The van der Waals surface area contributed by atoms with Gasteiger partial charge in [-0.2, -0.15) is 0 Å². The molecule has 5 heteroatoms. The second-order valence-electron chi connectivity index (χ2n) is 5.82. The molecule has 0 bridgehead atoms. The lowest BCUT2D eigenvalue weighted by Crippen LogP contribution is -2.22. The molecule has 1 aromatic rings. The molecule has 1 aromatic carbocycles. The zero-order chi connectivity index (χ0) is 17.2. The lowest BCUT2D eigenvalue weighted by atomic mass is 10.0. The highest BCUT2D eigenvalue weighted by molar-refractivity contribution is 6.40. The molecule has 23 heavy (non-hydrogen) atoms. The van der Waals surface area contributed by atoms with Crippen molar-refractivity contribution in [2.75, 3.05) is 11.9 Å². The summed E-state index contributed by atoms with van der Waals surface area (Å²) in [5, 5.41) is 2.53. The molecule has 0 aromatic heterocycles. The van der Waals surface area contributed by atoms with E-state index in [1.807, 2.05) is 0 Å². The molecule has 0 aliphatic heterocycles. The summed E-state index contributed by atoms with van der Waals surface area (Å²) in [6, 6.07) is 6.37. The molecule has 1 amide bonds. The number of anilines is 1. The molecule has 0 heterocycles. The van der Waals surface area contributed by atoms with Crippen LogP contribution < -0.4 is 5.32 Å². The molecule has 0 unspecified atom stereocenters. The van der Waals surface area contributed by atoms with Gasteiger partial charge in [0.1, 0.15) is 0 Å². The van der Waals surface area contributed by atoms with E-state index in [1.54, 1.807) is 25.1 Å². The van der Waals surface area contributed by atoms with Crippen LogP contribution in [0.25, 0.3) is 0 Å². The first-order valence-electron chi connectivity index (χ1n) is 8.05. The third kappa shape index (κ3) is 7.08. The standard InChI is InChI=1S/C18H25NO4/c1-4-23-18(22)14-9-7-10-15(12-14)19-17(21)16(20)11-6-5-8-13(2)3/h7,9-10,12-13H,4-6,8,11H2,1-3H3,(H,19,21). The van der Waals surface area contributed by atoms with E-state index in [0.29, 0.717) is 23.6 Å². The van der Waals surface area contributed by atoms with Crippen LogP contribution in [0.3, 0.4) is 0 Å². The molecular formula is C18H25NO4. The average Bonchev–Trinajstić information content (AvgIpc) is 2.51. The van der Waals surface area contributed by atoms with E-state index in [-0.39, 0.29) is 13.0 Å². The van der Waals surface area contributed by atoms with Crippen molar-refractivity contribution in [3.05, 3.63) is 29.8 Å². The van der Waals surface area contributed by atoms with Crippen molar-refractivity contribution >= 4 is 23.3 Å². The topological polar surface area (TPSA) is 72.5 Å². The van der Waals surface area contributed by atoms with Crippen LogP contribution in [0.15, 0.2) is 24.3 Å². The Morgan fingerprint density at radius 3 is 2.57 bits per heavy atom. The van der Waals surface area contributed by atoms with Crippen LogP contribution in [-0.4, -0.2) is 24.3 Å². The van der Waals surface area contributed by atoms with Crippen LogP contribution in [0.2, 0.25) is 0 Å².